The molecule has 2 aromatic carbocycles. The Morgan fingerprint density at radius 2 is 1.76 bits per heavy atom. The molecule has 21 heavy (non-hydrogen) atoms. The number of nitro groups is 1. The van der Waals surface area contributed by atoms with Crippen LogP contribution in [0.4, 0.5) is 5.69 Å². The number of aryl methyl sites for hydroxylation is 1. The molecule has 0 fully saturated rings. The zero-order valence-corrected chi connectivity index (χ0v) is 12.4. The lowest BCUT2D eigenvalue weighted by atomic mass is 10.2. The molecule has 0 amide bonds. The fourth-order valence-corrected chi connectivity index (χ4v) is 2.67. The van der Waals surface area contributed by atoms with Crippen molar-refractivity contribution in [3.05, 3.63) is 63.2 Å². The zero-order chi connectivity index (χ0) is 15.6. The number of benzene rings is 2. The summed E-state index contributed by atoms with van der Waals surface area (Å²) in [5.74, 6) is -0.423. The smallest absolute Gasteiger partial charge is 0.339 e. The van der Waals surface area contributed by atoms with E-state index < -0.39 is 26.5 Å². The van der Waals surface area contributed by atoms with Crippen LogP contribution in [0.1, 0.15) is 5.56 Å². The summed E-state index contributed by atoms with van der Waals surface area (Å²) in [6, 6.07) is 9.38. The molecule has 0 heterocycles. The van der Waals surface area contributed by atoms with Gasteiger partial charge in [-0.2, -0.15) is 8.42 Å². The van der Waals surface area contributed by atoms with Gasteiger partial charge in [-0.1, -0.05) is 29.3 Å². The Morgan fingerprint density at radius 3 is 2.33 bits per heavy atom. The second-order valence-electron chi connectivity index (χ2n) is 4.22. The minimum Gasteiger partial charge on any atom is -0.372 e. The Morgan fingerprint density at radius 1 is 1.14 bits per heavy atom. The average Bonchev–Trinajstić information content (AvgIpc) is 2.38. The van der Waals surface area contributed by atoms with Gasteiger partial charge in [-0.05, 0) is 25.1 Å². The number of rotatable bonds is 4. The first-order valence-corrected chi connectivity index (χ1v) is 7.53. The van der Waals surface area contributed by atoms with Gasteiger partial charge < -0.3 is 4.18 Å². The highest BCUT2D eigenvalue weighted by Crippen LogP contribution is 2.32. The third kappa shape index (κ3) is 3.50. The average molecular weight is 328 g/mol. The van der Waals surface area contributed by atoms with Crippen molar-refractivity contribution >= 4 is 27.4 Å². The van der Waals surface area contributed by atoms with Gasteiger partial charge in [-0.15, -0.1) is 0 Å². The van der Waals surface area contributed by atoms with E-state index >= 15 is 0 Å². The Kier molecular flexibility index (Phi) is 4.15. The summed E-state index contributed by atoms with van der Waals surface area (Å²) in [6.07, 6.45) is 0. The summed E-state index contributed by atoms with van der Waals surface area (Å²) in [5.41, 5.74) is 0.401. The van der Waals surface area contributed by atoms with Crippen molar-refractivity contribution in [1.82, 2.24) is 0 Å². The quantitative estimate of drug-likeness (QED) is 0.488. The standard InChI is InChI=1S/C13H10ClNO5S/c1-9-2-5-11(6-3-9)21(18,19)20-13-8-10(14)4-7-12(13)15(16)17/h2-8H,1H3. The molecule has 2 rings (SSSR count). The number of nitro benzene ring substituents is 1. The summed E-state index contributed by atoms with van der Waals surface area (Å²) in [4.78, 5) is 10.1. The van der Waals surface area contributed by atoms with Crippen LogP contribution < -0.4 is 4.18 Å². The third-order valence-electron chi connectivity index (χ3n) is 2.63. The van der Waals surface area contributed by atoms with E-state index in [4.69, 9.17) is 15.8 Å². The van der Waals surface area contributed by atoms with Gasteiger partial charge in [-0.25, -0.2) is 0 Å². The molecule has 0 bridgehead atoms. The molecule has 0 saturated carbocycles. The summed E-state index contributed by atoms with van der Waals surface area (Å²) in [7, 11) is -4.17. The van der Waals surface area contributed by atoms with Gasteiger partial charge in [0.1, 0.15) is 4.90 Å². The molecule has 0 atom stereocenters. The molecule has 0 aliphatic heterocycles. The zero-order valence-electron chi connectivity index (χ0n) is 10.8. The molecule has 0 aliphatic carbocycles. The third-order valence-corrected chi connectivity index (χ3v) is 4.11. The molecule has 0 N–H and O–H groups in total. The van der Waals surface area contributed by atoms with Crippen LogP contribution in [0.25, 0.3) is 0 Å². The second kappa shape index (κ2) is 5.71. The second-order valence-corrected chi connectivity index (χ2v) is 6.20. The normalized spacial score (nSPS) is 11.1. The lowest BCUT2D eigenvalue weighted by Crippen LogP contribution is -2.10. The molecule has 0 unspecified atom stereocenters. The summed E-state index contributed by atoms with van der Waals surface area (Å²) in [5, 5.41) is 11.0. The number of hydrogen-bond acceptors (Lipinski definition) is 5. The summed E-state index contributed by atoms with van der Waals surface area (Å²) in [6.45, 7) is 1.80. The predicted molar refractivity (Wildman–Crippen MR) is 77.1 cm³/mol. The fourth-order valence-electron chi connectivity index (χ4n) is 1.58. The van der Waals surface area contributed by atoms with E-state index in [1.54, 1.807) is 19.1 Å². The molecule has 0 aliphatic rings. The summed E-state index contributed by atoms with van der Waals surface area (Å²) < 4.78 is 29.1. The van der Waals surface area contributed by atoms with Gasteiger partial charge in [0.25, 0.3) is 0 Å². The van der Waals surface area contributed by atoms with Gasteiger partial charge in [-0.3, -0.25) is 10.1 Å². The van der Waals surface area contributed by atoms with Crippen molar-refractivity contribution in [1.29, 1.82) is 0 Å². The van der Waals surface area contributed by atoms with Crippen LogP contribution in [0.5, 0.6) is 5.75 Å². The fraction of sp³-hybridized carbons (Fsp3) is 0.0769. The van der Waals surface area contributed by atoms with Crippen LogP contribution in [0.2, 0.25) is 5.02 Å². The SMILES string of the molecule is Cc1ccc(S(=O)(=O)Oc2cc(Cl)ccc2[N+](=O)[O-])cc1. The Labute approximate surface area is 126 Å². The van der Waals surface area contributed by atoms with Crippen LogP contribution in [0.15, 0.2) is 47.4 Å². The molecule has 8 heteroatoms. The van der Waals surface area contributed by atoms with Crippen molar-refractivity contribution < 1.29 is 17.5 Å². The maximum absolute atomic E-state index is 12.1. The van der Waals surface area contributed by atoms with E-state index in [1.807, 2.05) is 0 Å². The summed E-state index contributed by atoms with van der Waals surface area (Å²) >= 11 is 5.72. The number of hydrogen-bond donors (Lipinski definition) is 0. The Hall–Kier alpha value is -2.12. The highest BCUT2D eigenvalue weighted by atomic mass is 35.5. The lowest BCUT2D eigenvalue weighted by molar-refractivity contribution is -0.385. The molecular weight excluding hydrogens is 318 g/mol. The molecule has 6 nitrogen and oxygen atoms in total. The molecule has 0 aromatic heterocycles. The van der Waals surface area contributed by atoms with E-state index in [2.05, 4.69) is 0 Å². The van der Waals surface area contributed by atoms with Gasteiger partial charge in [0.2, 0.25) is 5.75 Å². The predicted octanol–water partition coefficient (Wildman–Crippen LogP) is 3.32. The van der Waals surface area contributed by atoms with Crippen LogP contribution in [-0.4, -0.2) is 13.3 Å². The van der Waals surface area contributed by atoms with Crippen LogP contribution in [0, 0.1) is 17.0 Å². The first-order valence-electron chi connectivity index (χ1n) is 5.75. The molecule has 0 saturated heterocycles. The highest BCUT2D eigenvalue weighted by molar-refractivity contribution is 7.87. The molecule has 0 radical (unpaired) electrons. The van der Waals surface area contributed by atoms with Gasteiger partial charge in [0.15, 0.2) is 0 Å². The van der Waals surface area contributed by atoms with E-state index in [9.17, 15) is 18.5 Å². The van der Waals surface area contributed by atoms with Crippen molar-refractivity contribution in [3.63, 3.8) is 0 Å². The topological polar surface area (TPSA) is 86.5 Å². The lowest BCUT2D eigenvalue weighted by Gasteiger charge is -2.08. The van der Waals surface area contributed by atoms with Crippen molar-refractivity contribution in [3.8, 4) is 5.75 Å². The maximum atomic E-state index is 12.1. The van der Waals surface area contributed by atoms with E-state index in [1.165, 1.54) is 18.2 Å². The first-order chi connectivity index (χ1) is 9.79. The molecule has 110 valence electrons. The molecule has 2 aromatic rings. The first kappa shape index (κ1) is 15.3. The molecule has 0 spiro atoms. The largest absolute Gasteiger partial charge is 0.372 e. The number of halogens is 1. The van der Waals surface area contributed by atoms with Crippen molar-refractivity contribution in [2.45, 2.75) is 11.8 Å². The van der Waals surface area contributed by atoms with E-state index in [-0.39, 0.29) is 9.92 Å². The van der Waals surface area contributed by atoms with Crippen LogP contribution in [0.3, 0.4) is 0 Å². The van der Waals surface area contributed by atoms with Crippen molar-refractivity contribution in [2.75, 3.05) is 0 Å². The minimum absolute atomic E-state index is 0.0950. The van der Waals surface area contributed by atoms with E-state index in [0.717, 1.165) is 17.7 Å². The highest BCUT2D eigenvalue weighted by Gasteiger charge is 2.23. The van der Waals surface area contributed by atoms with Gasteiger partial charge in [0, 0.05) is 17.2 Å². The molecular formula is C13H10ClNO5S. The minimum atomic E-state index is -4.17. The van der Waals surface area contributed by atoms with Crippen LogP contribution >= 0.6 is 11.6 Å². The van der Waals surface area contributed by atoms with Gasteiger partial charge >= 0.3 is 15.8 Å². The van der Waals surface area contributed by atoms with E-state index in [0.29, 0.717) is 0 Å². The Balaban J connectivity index is 2.43. The maximum Gasteiger partial charge on any atom is 0.339 e. The Bertz CT molecular complexity index is 787. The number of nitrogens with zero attached hydrogens (tertiary/aromatic N) is 1. The van der Waals surface area contributed by atoms with Gasteiger partial charge in [0.05, 0.1) is 4.92 Å². The van der Waals surface area contributed by atoms with Crippen molar-refractivity contribution in [2.24, 2.45) is 0 Å². The van der Waals surface area contributed by atoms with Crippen LogP contribution in [-0.2, 0) is 10.1 Å². The monoisotopic (exact) mass is 327 g/mol.